The van der Waals surface area contributed by atoms with Gasteiger partial charge in [0.25, 0.3) is 0 Å². The van der Waals surface area contributed by atoms with Crippen LogP contribution in [-0.4, -0.2) is 29.9 Å². The highest BCUT2D eigenvalue weighted by Gasteiger charge is 2.23. The van der Waals surface area contributed by atoms with Gasteiger partial charge in [-0.15, -0.1) is 0 Å². The molecule has 2 N–H and O–H groups in total. The number of hydrogen-bond acceptors (Lipinski definition) is 3. The molecule has 0 spiro atoms. The van der Waals surface area contributed by atoms with E-state index in [1.54, 1.807) is 0 Å². The van der Waals surface area contributed by atoms with Crippen LogP contribution in [0.25, 0.3) is 0 Å². The molecule has 4 nitrogen and oxygen atoms in total. The summed E-state index contributed by atoms with van der Waals surface area (Å²) in [6.07, 6.45) is 7.90. The molecule has 108 valence electrons. The van der Waals surface area contributed by atoms with Crippen molar-refractivity contribution < 1.29 is 4.79 Å². The van der Waals surface area contributed by atoms with Crippen LogP contribution in [0.1, 0.15) is 58.8 Å². The number of rotatable bonds is 8. The number of nitrogens with zero attached hydrogens (tertiary/aromatic N) is 2. The Balaban J connectivity index is 2.32. The lowest BCUT2D eigenvalue weighted by atomic mass is 9.89. The van der Waals surface area contributed by atoms with Crippen LogP contribution in [-0.2, 0) is 4.79 Å². The van der Waals surface area contributed by atoms with Crippen molar-refractivity contribution >= 4 is 5.91 Å². The minimum atomic E-state index is -0.234. The molecule has 1 rings (SSSR count). The topological polar surface area (TPSA) is 70.1 Å². The highest BCUT2D eigenvalue weighted by Crippen LogP contribution is 2.25. The van der Waals surface area contributed by atoms with Crippen LogP contribution < -0.4 is 5.73 Å². The predicted molar refractivity (Wildman–Crippen MR) is 76.3 cm³/mol. The van der Waals surface area contributed by atoms with Crippen LogP contribution in [0.4, 0.5) is 0 Å². The van der Waals surface area contributed by atoms with Crippen molar-refractivity contribution in [3.8, 4) is 6.07 Å². The Bertz CT molecular complexity index is 327. The van der Waals surface area contributed by atoms with Gasteiger partial charge in [0.15, 0.2) is 0 Å². The molecule has 0 bridgehead atoms. The second kappa shape index (κ2) is 7.49. The Morgan fingerprint density at radius 1 is 1.37 bits per heavy atom. The zero-order valence-electron chi connectivity index (χ0n) is 12.3. The largest absolute Gasteiger partial charge is 0.369 e. The van der Waals surface area contributed by atoms with E-state index < -0.39 is 0 Å². The fourth-order valence-corrected chi connectivity index (χ4v) is 2.80. The van der Waals surface area contributed by atoms with E-state index in [0.717, 1.165) is 25.8 Å². The van der Waals surface area contributed by atoms with E-state index in [1.807, 2.05) is 13.8 Å². The lowest BCUT2D eigenvalue weighted by Crippen LogP contribution is -2.40. The molecule has 1 aliphatic rings. The summed E-state index contributed by atoms with van der Waals surface area (Å²) < 4.78 is 0. The molecule has 1 amide bonds. The normalized spacial score (nSPS) is 16.7. The van der Waals surface area contributed by atoms with Crippen molar-refractivity contribution in [3.63, 3.8) is 0 Å². The van der Waals surface area contributed by atoms with Crippen molar-refractivity contribution in [2.45, 2.75) is 64.8 Å². The Morgan fingerprint density at radius 3 is 2.53 bits per heavy atom. The summed E-state index contributed by atoms with van der Waals surface area (Å²) >= 11 is 0. The highest BCUT2D eigenvalue weighted by atomic mass is 16.1. The maximum atomic E-state index is 11.1. The maximum Gasteiger partial charge on any atom is 0.231 e. The lowest BCUT2D eigenvalue weighted by molar-refractivity contribution is -0.119. The maximum absolute atomic E-state index is 11.1. The van der Waals surface area contributed by atoms with Crippen molar-refractivity contribution in [1.29, 1.82) is 5.26 Å². The third-order valence-electron chi connectivity index (χ3n) is 4.00. The van der Waals surface area contributed by atoms with Crippen LogP contribution in [0.2, 0.25) is 0 Å². The first-order valence-corrected chi connectivity index (χ1v) is 7.38. The SMILES string of the molecule is CC(C)(C#N)CCCCN(CC(N)=O)C1CCCC1. The minimum absolute atomic E-state index is 0.232. The summed E-state index contributed by atoms with van der Waals surface area (Å²) in [4.78, 5) is 13.4. The summed E-state index contributed by atoms with van der Waals surface area (Å²) in [5, 5.41) is 8.97. The summed E-state index contributed by atoms with van der Waals surface area (Å²) in [6, 6.07) is 2.87. The number of unbranched alkanes of at least 4 members (excludes halogenated alkanes) is 1. The molecule has 0 saturated heterocycles. The molecule has 0 atom stereocenters. The van der Waals surface area contributed by atoms with E-state index in [1.165, 1.54) is 25.7 Å². The second-order valence-corrected chi connectivity index (χ2v) is 6.33. The summed E-state index contributed by atoms with van der Waals surface area (Å²) in [5.74, 6) is -0.232. The molecule has 1 saturated carbocycles. The standard InChI is InChI=1S/C15H27N3O/c1-15(2,12-16)9-5-6-10-18(11-14(17)19)13-7-3-4-8-13/h13H,3-11H2,1-2H3,(H2,17,19). The second-order valence-electron chi connectivity index (χ2n) is 6.33. The highest BCUT2D eigenvalue weighted by molar-refractivity contribution is 5.75. The lowest BCUT2D eigenvalue weighted by Gasteiger charge is -2.27. The number of carbonyl (C=O) groups excluding carboxylic acids is 1. The fraction of sp³-hybridized carbons (Fsp3) is 0.867. The fourth-order valence-electron chi connectivity index (χ4n) is 2.80. The van der Waals surface area contributed by atoms with Gasteiger partial charge in [-0.2, -0.15) is 5.26 Å². The van der Waals surface area contributed by atoms with E-state index in [9.17, 15) is 4.79 Å². The summed E-state index contributed by atoms with van der Waals surface area (Å²) in [5.41, 5.74) is 5.10. The summed E-state index contributed by atoms with van der Waals surface area (Å²) in [7, 11) is 0. The van der Waals surface area contributed by atoms with Gasteiger partial charge >= 0.3 is 0 Å². The number of amides is 1. The van der Waals surface area contributed by atoms with Crippen LogP contribution in [0, 0.1) is 16.7 Å². The van der Waals surface area contributed by atoms with Crippen LogP contribution in [0.3, 0.4) is 0 Å². The molecule has 0 aromatic rings. The monoisotopic (exact) mass is 265 g/mol. The molecule has 4 heteroatoms. The Hall–Kier alpha value is -1.08. The van der Waals surface area contributed by atoms with Gasteiger partial charge in [-0.05, 0) is 46.1 Å². The number of nitriles is 1. The van der Waals surface area contributed by atoms with Gasteiger partial charge in [-0.3, -0.25) is 9.69 Å². The van der Waals surface area contributed by atoms with Crippen LogP contribution in [0.15, 0.2) is 0 Å². The van der Waals surface area contributed by atoms with Gasteiger partial charge in [0, 0.05) is 6.04 Å². The molecule has 1 aliphatic carbocycles. The first-order valence-electron chi connectivity index (χ1n) is 7.38. The van der Waals surface area contributed by atoms with Gasteiger partial charge in [0.2, 0.25) is 5.91 Å². The number of hydrogen-bond donors (Lipinski definition) is 1. The number of carbonyl (C=O) groups is 1. The van der Waals surface area contributed by atoms with Gasteiger partial charge in [0.1, 0.15) is 0 Å². The van der Waals surface area contributed by atoms with Crippen molar-refractivity contribution in [2.75, 3.05) is 13.1 Å². The zero-order chi connectivity index (χ0) is 14.3. The first-order chi connectivity index (χ1) is 8.94. The molecule has 1 fully saturated rings. The van der Waals surface area contributed by atoms with Gasteiger partial charge in [-0.25, -0.2) is 0 Å². The van der Waals surface area contributed by atoms with Crippen LogP contribution in [0.5, 0.6) is 0 Å². The number of primary amides is 1. The third kappa shape index (κ3) is 6.07. The van der Waals surface area contributed by atoms with Crippen molar-refractivity contribution in [2.24, 2.45) is 11.1 Å². The third-order valence-corrected chi connectivity index (χ3v) is 4.00. The molecule has 0 unspecified atom stereocenters. The predicted octanol–water partition coefficient (Wildman–Crippen LogP) is 2.44. The van der Waals surface area contributed by atoms with Gasteiger partial charge < -0.3 is 5.73 Å². The molecular weight excluding hydrogens is 238 g/mol. The smallest absolute Gasteiger partial charge is 0.231 e. The zero-order valence-corrected chi connectivity index (χ0v) is 12.3. The van der Waals surface area contributed by atoms with E-state index in [0.29, 0.717) is 12.6 Å². The van der Waals surface area contributed by atoms with Crippen molar-refractivity contribution in [3.05, 3.63) is 0 Å². The molecular formula is C15H27N3O. The molecule has 0 aliphatic heterocycles. The Labute approximate surface area is 116 Å². The molecule has 0 radical (unpaired) electrons. The van der Waals surface area contributed by atoms with Gasteiger partial charge in [0.05, 0.1) is 18.0 Å². The Kier molecular flexibility index (Phi) is 6.30. The Morgan fingerprint density at radius 2 is 2.00 bits per heavy atom. The van der Waals surface area contributed by atoms with E-state index in [4.69, 9.17) is 11.0 Å². The first kappa shape index (κ1) is 16.0. The molecule has 0 aromatic carbocycles. The van der Waals surface area contributed by atoms with E-state index in [2.05, 4.69) is 11.0 Å². The molecule has 0 aromatic heterocycles. The quantitative estimate of drug-likeness (QED) is 0.685. The molecule has 0 heterocycles. The van der Waals surface area contributed by atoms with Gasteiger partial charge in [-0.1, -0.05) is 19.3 Å². The van der Waals surface area contributed by atoms with Crippen LogP contribution >= 0.6 is 0 Å². The van der Waals surface area contributed by atoms with E-state index in [-0.39, 0.29) is 11.3 Å². The average Bonchev–Trinajstić information content (AvgIpc) is 2.86. The number of nitrogens with two attached hydrogens (primary N) is 1. The van der Waals surface area contributed by atoms with E-state index >= 15 is 0 Å². The minimum Gasteiger partial charge on any atom is -0.369 e. The van der Waals surface area contributed by atoms with Crippen molar-refractivity contribution in [1.82, 2.24) is 4.90 Å². The summed E-state index contributed by atoms with van der Waals surface area (Å²) in [6.45, 7) is 5.26. The average molecular weight is 265 g/mol. The molecule has 19 heavy (non-hydrogen) atoms.